The van der Waals surface area contributed by atoms with Gasteiger partial charge in [-0.1, -0.05) is 6.42 Å². The molecule has 2 nitrogen and oxygen atoms in total. The lowest BCUT2D eigenvalue weighted by atomic mass is 9.98. The van der Waals surface area contributed by atoms with Gasteiger partial charge >= 0.3 is 0 Å². The van der Waals surface area contributed by atoms with Crippen LogP contribution >= 0.6 is 0 Å². The highest BCUT2D eigenvalue weighted by atomic mass is 19.1. The first kappa shape index (κ1) is 10.4. The normalized spacial score (nSPS) is 17.7. The molecule has 3 heteroatoms. The van der Waals surface area contributed by atoms with E-state index in [2.05, 4.69) is 4.98 Å². The van der Waals surface area contributed by atoms with Crippen LogP contribution in [0.15, 0.2) is 18.3 Å². The number of hydrogen-bond acceptors (Lipinski definition) is 2. The SMILES string of the molecule is FCc1cccnc1OC1CCCCC1. The maximum absolute atomic E-state index is 12.6. The highest BCUT2D eigenvalue weighted by Gasteiger charge is 2.16. The van der Waals surface area contributed by atoms with Crippen LogP contribution in [0.1, 0.15) is 37.7 Å². The first-order chi connectivity index (χ1) is 7.40. The molecule has 0 unspecified atom stereocenters. The van der Waals surface area contributed by atoms with E-state index < -0.39 is 6.67 Å². The molecule has 0 saturated heterocycles. The third-order valence-corrected chi connectivity index (χ3v) is 2.82. The van der Waals surface area contributed by atoms with Gasteiger partial charge in [0.05, 0.1) is 0 Å². The molecule has 0 aromatic carbocycles. The number of halogens is 1. The standard InChI is InChI=1S/C12H16FNO/c13-9-10-5-4-8-14-12(10)15-11-6-2-1-3-7-11/h4-5,8,11H,1-3,6-7,9H2. The predicted molar refractivity (Wildman–Crippen MR) is 56.6 cm³/mol. The Hall–Kier alpha value is -1.12. The summed E-state index contributed by atoms with van der Waals surface area (Å²) in [6.07, 6.45) is 7.74. The molecule has 82 valence electrons. The zero-order valence-corrected chi connectivity index (χ0v) is 8.79. The van der Waals surface area contributed by atoms with Crippen LogP contribution in [-0.4, -0.2) is 11.1 Å². The minimum Gasteiger partial charge on any atom is -0.474 e. The van der Waals surface area contributed by atoms with Crippen LogP contribution in [0.5, 0.6) is 5.88 Å². The molecule has 1 fully saturated rings. The first-order valence-corrected chi connectivity index (χ1v) is 5.56. The van der Waals surface area contributed by atoms with E-state index in [1.54, 1.807) is 18.3 Å². The van der Waals surface area contributed by atoms with E-state index in [0.29, 0.717) is 11.4 Å². The molecule has 0 aliphatic heterocycles. The summed E-state index contributed by atoms with van der Waals surface area (Å²) in [6, 6.07) is 3.47. The van der Waals surface area contributed by atoms with E-state index in [-0.39, 0.29) is 6.10 Å². The molecule has 15 heavy (non-hydrogen) atoms. The van der Waals surface area contributed by atoms with Gasteiger partial charge in [-0.15, -0.1) is 0 Å². The number of hydrogen-bond donors (Lipinski definition) is 0. The summed E-state index contributed by atoms with van der Waals surface area (Å²) in [6.45, 7) is -0.504. The molecule has 0 N–H and O–H groups in total. The third-order valence-electron chi connectivity index (χ3n) is 2.82. The third kappa shape index (κ3) is 2.67. The van der Waals surface area contributed by atoms with Crippen LogP contribution in [0.25, 0.3) is 0 Å². The van der Waals surface area contributed by atoms with Crippen molar-refractivity contribution in [2.45, 2.75) is 44.9 Å². The van der Waals surface area contributed by atoms with Gasteiger partial charge in [0.15, 0.2) is 0 Å². The van der Waals surface area contributed by atoms with Crippen LogP contribution in [0.2, 0.25) is 0 Å². The zero-order valence-electron chi connectivity index (χ0n) is 8.79. The number of ether oxygens (including phenoxy) is 1. The molecule has 0 amide bonds. The van der Waals surface area contributed by atoms with Gasteiger partial charge in [-0.2, -0.15) is 0 Å². The molecule has 0 atom stereocenters. The quantitative estimate of drug-likeness (QED) is 0.762. The lowest BCUT2D eigenvalue weighted by molar-refractivity contribution is 0.146. The average Bonchev–Trinajstić information content (AvgIpc) is 2.31. The van der Waals surface area contributed by atoms with Crippen molar-refractivity contribution < 1.29 is 9.13 Å². The second kappa shape index (κ2) is 5.10. The Kier molecular flexibility index (Phi) is 3.54. The van der Waals surface area contributed by atoms with Crippen LogP contribution < -0.4 is 4.74 Å². The summed E-state index contributed by atoms with van der Waals surface area (Å²) < 4.78 is 18.3. The monoisotopic (exact) mass is 209 g/mol. The summed E-state index contributed by atoms with van der Waals surface area (Å²) in [5.74, 6) is 0.479. The summed E-state index contributed by atoms with van der Waals surface area (Å²) >= 11 is 0. The largest absolute Gasteiger partial charge is 0.474 e. The van der Waals surface area contributed by atoms with Crippen molar-refractivity contribution >= 4 is 0 Å². The maximum Gasteiger partial charge on any atom is 0.219 e. The lowest BCUT2D eigenvalue weighted by Crippen LogP contribution is -2.20. The van der Waals surface area contributed by atoms with Crippen molar-refractivity contribution in [3.05, 3.63) is 23.9 Å². The van der Waals surface area contributed by atoms with Gasteiger partial charge in [0.1, 0.15) is 12.8 Å². The minimum absolute atomic E-state index is 0.235. The molecule has 1 saturated carbocycles. The van der Waals surface area contributed by atoms with E-state index in [1.165, 1.54) is 19.3 Å². The zero-order chi connectivity index (χ0) is 10.5. The van der Waals surface area contributed by atoms with Gasteiger partial charge in [0.25, 0.3) is 0 Å². The molecular weight excluding hydrogens is 193 g/mol. The Bertz CT molecular complexity index is 310. The number of aromatic nitrogens is 1. The van der Waals surface area contributed by atoms with Gasteiger partial charge < -0.3 is 4.74 Å². The average molecular weight is 209 g/mol. The van der Waals surface area contributed by atoms with E-state index in [0.717, 1.165) is 12.8 Å². The molecule has 1 heterocycles. The summed E-state index contributed by atoms with van der Waals surface area (Å²) in [5, 5.41) is 0. The molecule has 0 spiro atoms. The van der Waals surface area contributed by atoms with Crippen LogP contribution in [0.4, 0.5) is 4.39 Å². The van der Waals surface area contributed by atoms with Gasteiger partial charge in [-0.25, -0.2) is 9.37 Å². The topological polar surface area (TPSA) is 22.1 Å². The second-order valence-corrected chi connectivity index (χ2v) is 3.98. The molecular formula is C12H16FNO. The summed E-state index contributed by atoms with van der Waals surface area (Å²) in [4.78, 5) is 4.08. The fourth-order valence-electron chi connectivity index (χ4n) is 1.97. The summed E-state index contributed by atoms with van der Waals surface area (Å²) in [7, 11) is 0. The number of nitrogens with zero attached hydrogens (tertiary/aromatic N) is 1. The van der Waals surface area contributed by atoms with E-state index >= 15 is 0 Å². The van der Waals surface area contributed by atoms with Crippen LogP contribution in [-0.2, 0) is 6.67 Å². The molecule has 0 radical (unpaired) electrons. The Morgan fingerprint density at radius 3 is 2.87 bits per heavy atom. The van der Waals surface area contributed by atoms with Gasteiger partial charge in [0, 0.05) is 11.8 Å². The maximum atomic E-state index is 12.6. The highest BCUT2D eigenvalue weighted by Crippen LogP contribution is 2.24. The molecule has 1 aliphatic carbocycles. The van der Waals surface area contributed by atoms with E-state index in [1.807, 2.05) is 0 Å². The number of alkyl halides is 1. The Morgan fingerprint density at radius 1 is 1.33 bits per heavy atom. The molecule has 1 aromatic heterocycles. The molecule has 1 aliphatic rings. The van der Waals surface area contributed by atoms with Gasteiger partial charge in [0.2, 0.25) is 5.88 Å². The molecule has 2 rings (SSSR count). The van der Waals surface area contributed by atoms with Crippen LogP contribution in [0.3, 0.4) is 0 Å². The van der Waals surface area contributed by atoms with Crippen molar-refractivity contribution in [1.29, 1.82) is 0 Å². The fourth-order valence-corrected chi connectivity index (χ4v) is 1.97. The van der Waals surface area contributed by atoms with Crippen LogP contribution in [0, 0.1) is 0 Å². The van der Waals surface area contributed by atoms with Crippen molar-refractivity contribution in [2.75, 3.05) is 0 Å². The minimum atomic E-state index is -0.504. The van der Waals surface area contributed by atoms with Gasteiger partial charge in [-0.3, -0.25) is 0 Å². The van der Waals surface area contributed by atoms with Gasteiger partial charge in [-0.05, 0) is 37.8 Å². The number of rotatable bonds is 3. The lowest BCUT2D eigenvalue weighted by Gasteiger charge is -2.23. The van der Waals surface area contributed by atoms with E-state index in [9.17, 15) is 4.39 Å². The fraction of sp³-hybridized carbons (Fsp3) is 0.583. The highest BCUT2D eigenvalue weighted by molar-refractivity contribution is 5.24. The smallest absolute Gasteiger partial charge is 0.219 e. The Labute approximate surface area is 89.5 Å². The van der Waals surface area contributed by atoms with Crippen molar-refractivity contribution in [1.82, 2.24) is 4.98 Å². The first-order valence-electron chi connectivity index (χ1n) is 5.56. The second-order valence-electron chi connectivity index (χ2n) is 3.98. The molecule has 1 aromatic rings. The van der Waals surface area contributed by atoms with Crippen molar-refractivity contribution in [3.8, 4) is 5.88 Å². The van der Waals surface area contributed by atoms with E-state index in [4.69, 9.17) is 4.74 Å². The van der Waals surface area contributed by atoms with Crippen molar-refractivity contribution in [2.24, 2.45) is 0 Å². The van der Waals surface area contributed by atoms with Crippen molar-refractivity contribution in [3.63, 3.8) is 0 Å². The number of pyridine rings is 1. The Morgan fingerprint density at radius 2 is 2.13 bits per heavy atom. The summed E-state index contributed by atoms with van der Waals surface area (Å²) in [5.41, 5.74) is 0.558. The Balaban J connectivity index is 2.02. The predicted octanol–water partition coefficient (Wildman–Crippen LogP) is 3.26. The molecule has 0 bridgehead atoms.